The fourth-order valence-electron chi connectivity index (χ4n) is 2.91. The van der Waals surface area contributed by atoms with Gasteiger partial charge < -0.3 is 14.2 Å². The minimum Gasteiger partial charge on any atom is -0.408 e. The van der Waals surface area contributed by atoms with E-state index in [1.54, 1.807) is 10.6 Å². The number of piperazine rings is 1. The van der Waals surface area contributed by atoms with Crippen molar-refractivity contribution in [2.45, 2.75) is 19.4 Å². The van der Waals surface area contributed by atoms with Crippen LogP contribution < -0.4 is 10.7 Å². The molecule has 0 spiro atoms. The first-order valence-electron chi connectivity index (χ1n) is 7.82. The van der Waals surface area contributed by atoms with Gasteiger partial charge in [-0.2, -0.15) is 0 Å². The monoisotopic (exact) mass is 304 g/mol. The summed E-state index contributed by atoms with van der Waals surface area (Å²) in [5.41, 5.74) is 1.39. The van der Waals surface area contributed by atoms with E-state index in [1.807, 2.05) is 23.1 Å². The molecular formula is C16H22N3O3+. The number of hydrogen-bond acceptors (Lipinski definition) is 3. The number of nitrogens with zero attached hydrogens (tertiary/aromatic N) is 2. The van der Waals surface area contributed by atoms with Gasteiger partial charge in [0.15, 0.2) is 5.58 Å². The Balaban J connectivity index is 1.57. The molecule has 22 heavy (non-hydrogen) atoms. The van der Waals surface area contributed by atoms with Gasteiger partial charge in [0, 0.05) is 13.0 Å². The highest BCUT2D eigenvalue weighted by Gasteiger charge is 2.20. The summed E-state index contributed by atoms with van der Waals surface area (Å²) in [6.07, 6.45) is 1.13. The van der Waals surface area contributed by atoms with Gasteiger partial charge in [-0.3, -0.25) is 9.36 Å². The average Bonchev–Trinajstić information content (AvgIpc) is 2.84. The molecule has 1 fully saturated rings. The van der Waals surface area contributed by atoms with Crippen molar-refractivity contribution in [2.24, 2.45) is 0 Å². The van der Waals surface area contributed by atoms with Crippen molar-refractivity contribution < 1.29 is 14.1 Å². The van der Waals surface area contributed by atoms with Crippen molar-refractivity contribution in [3.8, 4) is 0 Å². The quantitative estimate of drug-likeness (QED) is 0.846. The van der Waals surface area contributed by atoms with Crippen LogP contribution in [0, 0.1) is 0 Å². The van der Waals surface area contributed by atoms with E-state index in [1.165, 1.54) is 4.90 Å². The molecule has 3 rings (SSSR count). The molecule has 1 aromatic carbocycles. The summed E-state index contributed by atoms with van der Waals surface area (Å²) in [5, 5.41) is 0. The first-order valence-corrected chi connectivity index (χ1v) is 7.82. The number of oxazole rings is 1. The van der Waals surface area contributed by atoms with Gasteiger partial charge in [-0.1, -0.05) is 12.1 Å². The van der Waals surface area contributed by atoms with E-state index in [4.69, 9.17) is 4.42 Å². The molecule has 0 radical (unpaired) electrons. The molecule has 1 aliphatic rings. The summed E-state index contributed by atoms with van der Waals surface area (Å²) in [5.74, 6) is -0.162. The largest absolute Gasteiger partial charge is 0.419 e. The topological polar surface area (TPSA) is 59.9 Å². The van der Waals surface area contributed by atoms with Gasteiger partial charge in [0.05, 0.1) is 38.7 Å². The second kappa shape index (κ2) is 6.36. The molecule has 6 heteroatoms. The lowest BCUT2D eigenvalue weighted by molar-refractivity contribution is -0.883. The summed E-state index contributed by atoms with van der Waals surface area (Å²) in [4.78, 5) is 27.4. The molecule has 0 atom stereocenters. The molecule has 2 heterocycles. The van der Waals surface area contributed by atoms with Gasteiger partial charge >= 0.3 is 5.76 Å². The number of carbonyl (C=O) groups excluding carboxylic acids is 1. The highest BCUT2D eigenvalue weighted by molar-refractivity contribution is 5.76. The Kier molecular flexibility index (Phi) is 4.29. The van der Waals surface area contributed by atoms with Gasteiger partial charge in [-0.05, 0) is 18.6 Å². The van der Waals surface area contributed by atoms with Crippen LogP contribution in [-0.4, -0.2) is 48.6 Å². The first kappa shape index (κ1) is 14.8. The number of carbonyl (C=O) groups is 1. The third kappa shape index (κ3) is 3.06. The zero-order chi connectivity index (χ0) is 15.5. The second-order valence-electron chi connectivity index (χ2n) is 5.93. The smallest absolute Gasteiger partial charge is 0.408 e. The number of fused-ring (bicyclic) bond motifs is 1. The zero-order valence-corrected chi connectivity index (χ0v) is 12.9. The summed E-state index contributed by atoms with van der Waals surface area (Å²) in [7, 11) is 2.15. The van der Waals surface area contributed by atoms with Gasteiger partial charge in [0.1, 0.15) is 0 Å². The molecule has 1 saturated heterocycles. The van der Waals surface area contributed by atoms with Crippen molar-refractivity contribution in [3.05, 3.63) is 34.8 Å². The van der Waals surface area contributed by atoms with Crippen LogP contribution in [0.5, 0.6) is 0 Å². The van der Waals surface area contributed by atoms with Crippen molar-refractivity contribution in [1.29, 1.82) is 0 Å². The number of quaternary nitrogens is 1. The fourth-order valence-corrected chi connectivity index (χ4v) is 2.91. The fraction of sp³-hybridized carbons (Fsp3) is 0.500. The molecule has 0 bridgehead atoms. The van der Waals surface area contributed by atoms with Crippen LogP contribution >= 0.6 is 0 Å². The van der Waals surface area contributed by atoms with Crippen LogP contribution in [0.2, 0.25) is 0 Å². The van der Waals surface area contributed by atoms with E-state index in [2.05, 4.69) is 7.05 Å². The number of aryl methyl sites for hydroxylation is 1. The molecule has 2 aromatic rings. The number of rotatable bonds is 4. The minimum absolute atomic E-state index is 0.188. The van der Waals surface area contributed by atoms with Gasteiger partial charge in [-0.25, -0.2) is 4.79 Å². The summed E-state index contributed by atoms with van der Waals surface area (Å²) >= 11 is 0. The Morgan fingerprint density at radius 2 is 2.00 bits per heavy atom. The SMILES string of the molecule is C[NH+]1CCN(C(=O)CCCn2c(=O)oc3ccccc32)CC1. The van der Waals surface area contributed by atoms with Crippen molar-refractivity contribution >= 4 is 17.0 Å². The predicted octanol–water partition coefficient (Wildman–Crippen LogP) is -0.268. The number of para-hydroxylation sites is 2. The zero-order valence-electron chi connectivity index (χ0n) is 12.9. The van der Waals surface area contributed by atoms with Crippen molar-refractivity contribution in [3.63, 3.8) is 0 Å². The Morgan fingerprint density at radius 1 is 1.27 bits per heavy atom. The maximum absolute atomic E-state index is 12.2. The Bertz CT molecular complexity index is 711. The van der Waals surface area contributed by atoms with Crippen LogP contribution in [-0.2, 0) is 11.3 Å². The summed E-state index contributed by atoms with van der Waals surface area (Å²) in [6.45, 7) is 4.20. The maximum atomic E-state index is 12.2. The lowest BCUT2D eigenvalue weighted by Crippen LogP contribution is -3.12. The number of hydrogen-bond donors (Lipinski definition) is 1. The molecule has 1 aromatic heterocycles. The second-order valence-corrected chi connectivity index (χ2v) is 5.93. The number of likely N-dealkylation sites (N-methyl/N-ethyl adjacent to an activating group) is 1. The molecular weight excluding hydrogens is 282 g/mol. The molecule has 6 nitrogen and oxygen atoms in total. The number of nitrogens with one attached hydrogen (secondary N) is 1. The molecule has 0 unspecified atom stereocenters. The summed E-state index contributed by atoms with van der Waals surface area (Å²) < 4.78 is 6.80. The minimum atomic E-state index is -0.350. The molecule has 0 saturated carbocycles. The molecule has 1 aliphatic heterocycles. The van der Waals surface area contributed by atoms with Crippen LogP contribution in [0.25, 0.3) is 11.1 Å². The third-order valence-electron chi connectivity index (χ3n) is 4.32. The molecule has 1 amide bonds. The van der Waals surface area contributed by atoms with E-state index in [0.717, 1.165) is 31.7 Å². The Hall–Kier alpha value is -2.08. The van der Waals surface area contributed by atoms with E-state index in [-0.39, 0.29) is 11.7 Å². The van der Waals surface area contributed by atoms with Crippen molar-refractivity contribution in [2.75, 3.05) is 33.2 Å². The lowest BCUT2D eigenvalue weighted by Gasteiger charge is -2.30. The normalized spacial score (nSPS) is 16.3. The molecule has 0 aliphatic carbocycles. The third-order valence-corrected chi connectivity index (χ3v) is 4.32. The Morgan fingerprint density at radius 3 is 2.77 bits per heavy atom. The average molecular weight is 304 g/mol. The number of benzene rings is 1. The van der Waals surface area contributed by atoms with E-state index >= 15 is 0 Å². The van der Waals surface area contributed by atoms with Gasteiger partial charge in [-0.15, -0.1) is 0 Å². The predicted molar refractivity (Wildman–Crippen MR) is 82.9 cm³/mol. The van der Waals surface area contributed by atoms with Crippen LogP contribution in [0.15, 0.2) is 33.5 Å². The van der Waals surface area contributed by atoms with E-state index in [9.17, 15) is 9.59 Å². The van der Waals surface area contributed by atoms with E-state index < -0.39 is 0 Å². The van der Waals surface area contributed by atoms with Crippen LogP contribution in [0.4, 0.5) is 0 Å². The van der Waals surface area contributed by atoms with E-state index in [0.29, 0.717) is 25.0 Å². The van der Waals surface area contributed by atoms with Crippen LogP contribution in [0.1, 0.15) is 12.8 Å². The number of aromatic nitrogens is 1. The maximum Gasteiger partial charge on any atom is 0.419 e. The van der Waals surface area contributed by atoms with Gasteiger partial charge in [0.2, 0.25) is 5.91 Å². The highest BCUT2D eigenvalue weighted by atomic mass is 16.4. The molecule has 118 valence electrons. The standard InChI is InChI=1S/C16H21N3O3/c1-17-9-11-18(12-10-17)15(20)7-4-8-19-13-5-2-3-6-14(13)22-16(19)21/h2-3,5-6H,4,7-12H2,1H3/p+1. The summed E-state index contributed by atoms with van der Waals surface area (Å²) in [6, 6.07) is 7.37. The lowest BCUT2D eigenvalue weighted by atomic mass is 10.2. The Labute approximate surface area is 128 Å². The highest BCUT2D eigenvalue weighted by Crippen LogP contribution is 2.12. The first-order chi connectivity index (χ1) is 10.6. The van der Waals surface area contributed by atoms with Crippen LogP contribution in [0.3, 0.4) is 0 Å². The number of amides is 1. The van der Waals surface area contributed by atoms with Crippen molar-refractivity contribution in [1.82, 2.24) is 9.47 Å². The van der Waals surface area contributed by atoms with Gasteiger partial charge in [0.25, 0.3) is 0 Å². The molecule has 1 N–H and O–H groups in total.